The average molecular weight is 244 g/mol. The molecule has 0 amide bonds. The molecule has 1 saturated heterocycles. The van der Waals surface area contributed by atoms with E-state index >= 15 is 0 Å². The smallest absolute Gasteiger partial charge is 0.163 e. The van der Waals surface area contributed by atoms with Gasteiger partial charge in [-0.15, -0.1) is 13.2 Å². The molecule has 17 heavy (non-hydrogen) atoms. The lowest BCUT2D eigenvalue weighted by Crippen LogP contribution is -2.57. The molecule has 1 atom stereocenters. The predicted molar refractivity (Wildman–Crippen MR) is 75.8 cm³/mol. The zero-order chi connectivity index (χ0) is 12.1. The predicted octanol–water partition coefficient (Wildman–Crippen LogP) is 2.90. The van der Waals surface area contributed by atoms with Gasteiger partial charge in [0.2, 0.25) is 0 Å². The first-order chi connectivity index (χ1) is 8.33. The Balaban J connectivity index is 2.37. The quantitative estimate of drug-likeness (QED) is 0.740. The number of benzene rings is 1. The van der Waals surface area contributed by atoms with Gasteiger partial charge in [-0.05, 0) is 24.4 Å². The molecule has 2 heteroatoms. The topological polar surface area (TPSA) is 9.23 Å². The van der Waals surface area contributed by atoms with Crippen molar-refractivity contribution in [2.75, 3.05) is 6.61 Å². The molecule has 1 aromatic carbocycles. The van der Waals surface area contributed by atoms with Crippen molar-refractivity contribution in [1.29, 1.82) is 0 Å². The van der Waals surface area contributed by atoms with Crippen LogP contribution in [0, 0.1) is 0 Å². The van der Waals surface area contributed by atoms with Gasteiger partial charge >= 0.3 is 0 Å². The monoisotopic (exact) mass is 244 g/mol. The van der Waals surface area contributed by atoms with Crippen LogP contribution >= 0.6 is 0 Å². The molecule has 0 bridgehead atoms. The zero-order valence-corrected chi connectivity index (χ0v) is 11.3. The Bertz CT molecular complexity index is 371. The summed E-state index contributed by atoms with van der Waals surface area (Å²) in [5.41, 5.74) is 4.55. The molecule has 1 heterocycles. The second-order valence-corrected chi connectivity index (χ2v) is 8.47. The van der Waals surface area contributed by atoms with E-state index in [1.54, 1.807) is 0 Å². The van der Waals surface area contributed by atoms with Crippen LogP contribution in [0.25, 0.3) is 0 Å². The summed E-state index contributed by atoms with van der Waals surface area (Å²) in [5.74, 6) is 0. The van der Waals surface area contributed by atoms with Gasteiger partial charge in [-0.1, -0.05) is 41.7 Å². The van der Waals surface area contributed by atoms with E-state index in [-0.39, 0.29) is 0 Å². The molecule has 1 aliphatic rings. The molecule has 0 radical (unpaired) electrons. The molecule has 1 fully saturated rings. The first-order valence-electron chi connectivity index (χ1n) is 6.28. The van der Waals surface area contributed by atoms with Crippen molar-refractivity contribution in [3.8, 4) is 0 Å². The lowest BCUT2D eigenvalue weighted by atomic mass is 10.2. The lowest BCUT2D eigenvalue weighted by molar-refractivity contribution is 0.0623. The minimum absolute atomic E-state index is 0.314. The van der Waals surface area contributed by atoms with Gasteiger partial charge in [0.1, 0.15) is 0 Å². The number of ether oxygens (including phenoxy) is 1. The second-order valence-electron chi connectivity index (χ2n) is 4.56. The maximum Gasteiger partial charge on any atom is 0.163 e. The third-order valence-electron chi connectivity index (χ3n) is 3.66. The van der Waals surface area contributed by atoms with Crippen LogP contribution in [0.4, 0.5) is 0 Å². The van der Waals surface area contributed by atoms with E-state index in [1.165, 1.54) is 18.0 Å². The summed E-state index contributed by atoms with van der Waals surface area (Å²) in [7, 11) is -1.91. The average Bonchev–Trinajstić information content (AvgIpc) is 2.43. The van der Waals surface area contributed by atoms with Crippen LogP contribution in [0.5, 0.6) is 0 Å². The molecule has 1 nitrogen and oxygen atoms in total. The zero-order valence-electron chi connectivity index (χ0n) is 10.3. The summed E-state index contributed by atoms with van der Waals surface area (Å²) in [4.78, 5) is 0. The maximum absolute atomic E-state index is 6.00. The highest BCUT2D eigenvalue weighted by atomic mass is 28.3. The Kier molecular flexibility index (Phi) is 3.97. The molecular formula is C15H20OSi. The molecule has 0 N–H and O–H groups in total. The second kappa shape index (κ2) is 5.47. The van der Waals surface area contributed by atoms with Crippen LogP contribution < -0.4 is 5.19 Å². The molecule has 0 saturated carbocycles. The van der Waals surface area contributed by atoms with E-state index in [0.29, 0.717) is 5.73 Å². The van der Waals surface area contributed by atoms with Gasteiger partial charge in [0.15, 0.2) is 8.07 Å². The molecule has 1 aromatic rings. The Hall–Kier alpha value is -1.12. The Morgan fingerprint density at radius 1 is 1.12 bits per heavy atom. The van der Waals surface area contributed by atoms with Crippen molar-refractivity contribution in [1.82, 2.24) is 0 Å². The molecule has 0 spiro atoms. The fraction of sp³-hybridized carbons (Fsp3) is 0.333. The first-order valence-corrected chi connectivity index (χ1v) is 8.51. The SMILES string of the molecule is C=C[Si](C=C)(c1ccccc1)C1CCCCO1. The van der Waals surface area contributed by atoms with Crippen molar-refractivity contribution < 1.29 is 4.74 Å². The first kappa shape index (κ1) is 12.3. The van der Waals surface area contributed by atoms with Crippen LogP contribution in [-0.2, 0) is 4.74 Å². The Morgan fingerprint density at radius 2 is 1.82 bits per heavy atom. The molecule has 2 rings (SSSR count). The van der Waals surface area contributed by atoms with E-state index < -0.39 is 8.07 Å². The van der Waals surface area contributed by atoms with E-state index in [9.17, 15) is 0 Å². The highest BCUT2D eigenvalue weighted by Crippen LogP contribution is 2.24. The van der Waals surface area contributed by atoms with Gasteiger partial charge in [-0.2, -0.15) is 0 Å². The van der Waals surface area contributed by atoms with Gasteiger partial charge in [-0.25, -0.2) is 0 Å². The summed E-state index contributed by atoms with van der Waals surface area (Å²) >= 11 is 0. The van der Waals surface area contributed by atoms with Crippen molar-refractivity contribution in [2.24, 2.45) is 0 Å². The van der Waals surface area contributed by atoms with Gasteiger partial charge in [0, 0.05) is 6.61 Å². The largest absolute Gasteiger partial charge is 0.380 e. The third kappa shape index (κ3) is 2.28. The van der Waals surface area contributed by atoms with E-state index in [4.69, 9.17) is 4.74 Å². The molecule has 0 aromatic heterocycles. The molecular weight excluding hydrogens is 224 g/mol. The van der Waals surface area contributed by atoms with Crippen molar-refractivity contribution in [3.63, 3.8) is 0 Å². The van der Waals surface area contributed by atoms with Crippen LogP contribution in [0.3, 0.4) is 0 Å². The van der Waals surface area contributed by atoms with Gasteiger partial charge in [-0.3, -0.25) is 0 Å². The fourth-order valence-corrected chi connectivity index (χ4v) is 5.99. The number of hydrogen-bond donors (Lipinski definition) is 0. The molecule has 0 aliphatic carbocycles. The van der Waals surface area contributed by atoms with Crippen LogP contribution in [0.2, 0.25) is 0 Å². The summed E-state index contributed by atoms with van der Waals surface area (Å²) in [6.45, 7) is 9.02. The van der Waals surface area contributed by atoms with Crippen molar-refractivity contribution >= 4 is 13.3 Å². The minimum atomic E-state index is -1.91. The highest BCUT2D eigenvalue weighted by Gasteiger charge is 2.39. The van der Waals surface area contributed by atoms with E-state index in [0.717, 1.165) is 13.0 Å². The summed E-state index contributed by atoms with van der Waals surface area (Å²) < 4.78 is 6.00. The van der Waals surface area contributed by atoms with Crippen molar-refractivity contribution in [2.45, 2.75) is 25.0 Å². The lowest BCUT2D eigenvalue weighted by Gasteiger charge is -2.36. The molecule has 1 aliphatic heterocycles. The Labute approximate surface area is 105 Å². The van der Waals surface area contributed by atoms with Gasteiger partial charge in [0.25, 0.3) is 0 Å². The van der Waals surface area contributed by atoms with E-state index in [2.05, 4.69) is 54.9 Å². The Morgan fingerprint density at radius 3 is 2.35 bits per heavy atom. The summed E-state index contributed by atoms with van der Waals surface area (Å²) in [6, 6.07) is 10.6. The van der Waals surface area contributed by atoms with Crippen LogP contribution in [-0.4, -0.2) is 20.4 Å². The third-order valence-corrected chi connectivity index (χ3v) is 7.87. The van der Waals surface area contributed by atoms with Crippen molar-refractivity contribution in [3.05, 3.63) is 54.9 Å². The van der Waals surface area contributed by atoms with Crippen LogP contribution in [0.1, 0.15) is 19.3 Å². The van der Waals surface area contributed by atoms with Gasteiger partial charge < -0.3 is 4.74 Å². The maximum atomic E-state index is 6.00. The fourth-order valence-electron chi connectivity index (χ4n) is 2.61. The highest BCUT2D eigenvalue weighted by molar-refractivity contribution is 7.00. The minimum Gasteiger partial charge on any atom is -0.380 e. The van der Waals surface area contributed by atoms with E-state index in [1.807, 2.05) is 0 Å². The normalized spacial score (nSPS) is 20.8. The number of hydrogen-bond acceptors (Lipinski definition) is 1. The number of rotatable bonds is 4. The van der Waals surface area contributed by atoms with Crippen LogP contribution in [0.15, 0.2) is 54.9 Å². The summed E-state index contributed by atoms with van der Waals surface area (Å²) in [6.07, 6.45) is 3.58. The van der Waals surface area contributed by atoms with Gasteiger partial charge in [0.05, 0.1) is 5.73 Å². The standard InChI is InChI=1S/C15H20OSi/c1-3-17(4-2,14-10-6-5-7-11-14)15-12-8-9-13-16-15/h3-7,10-11,15H,1-2,8-9,12-13H2. The molecule has 1 unspecified atom stereocenters. The molecule has 90 valence electrons. The summed E-state index contributed by atoms with van der Waals surface area (Å²) in [5, 5.41) is 1.36.